The highest BCUT2D eigenvalue weighted by Gasteiger charge is 2.39. The Morgan fingerprint density at radius 3 is 2.70 bits per heavy atom. The van der Waals surface area contributed by atoms with E-state index in [9.17, 15) is 9.18 Å². The molecule has 1 amide bonds. The second-order valence-corrected chi connectivity index (χ2v) is 5.60. The van der Waals surface area contributed by atoms with Crippen molar-refractivity contribution in [3.63, 3.8) is 0 Å². The maximum absolute atomic E-state index is 12.9. The Hall–Kier alpha value is -2.17. The Balaban J connectivity index is 1.89. The van der Waals surface area contributed by atoms with Gasteiger partial charge < -0.3 is 9.47 Å². The van der Waals surface area contributed by atoms with Crippen molar-refractivity contribution in [2.24, 2.45) is 0 Å². The molecule has 0 N–H and O–H groups in total. The lowest BCUT2D eigenvalue weighted by Crippen LogP contribution is -2.51. The molecule has 2 heterocycles. The van der Waals surface area contributed by atoms with Crippen molar-refractivity contribution in [1.29, 1.82) is 0 Å². The highest BCUT2D eigenvalue weighted by molar-refractivity contribution is 5.84. The zero-order valence-electron chi connectivity index (χ0n) is 11.5. The predicted octanol–water partition coefficient (Wildman–Crippen LogP) is 2.30. The molecule has 104 valence electrons. The number of fused-ring (bicyclic) bond motifs is 1. The average molecular weight is 273 g/mol. The summed E-state index contributed by atoms with van der Waals surface area (Å²) in [6.45, 7) is 4.78. The summed E-state index contributed by atoms with van der Waals surface area (Å²) in [5.74, 6) is -0.218. The first kappa shape index (κ1) is 12.8. The Kier molecular flexibility index (Phi) is 2.85. The predicted molar refractivity (Wildman–Crippen MR) is 72.2 cm³/mol. The summed E-state index contributed by atoms with van der Waals surface area (Å²) in [7, 11) is 0. The molecule has 0 fully saturated rings. The molecule has 1 aromatic heterocycles. The van der Waals surface area contributed by atoms with Gasteiger partial charge in [-0.1, -0.05) is 12.1 Å². The normalized spacial score (nSPS) is 17.1. The minimum atomic E-state index is -0.635. The third kappa shape index (κ3) is 1.99. The van der Waals surface area contributed by atoms with E-state index in [1.165, 1.54) is 12.1 Å². The van der Waals surface area contributed by atoms with Crippen molar-refractivity contribution in [2.75, 3.05) is 0 Å². The third-order valence-electron chi connectivity index (χ3n) is 3.77. The van der Waals surface area contributed by atoms with Gasteiger partial charge in [0.25, 0.3) is 0 Å². The Labute approximate surface area is 116 Å². The first-order valence-electron chi connectivity index (χ1n) is 6.54. The maximum atomic E-state index is 12.9. The Bertz CT molecular complexity index is 645. The highest BCUT2D eigenvalue weighted by atomic mass is 19.1. The fraction of sp³-hybridized carbons (Fsp3) is 0.333. The number of carbonyl (C=O) groups is 1. The number of hydrogen-bond acceptors (Lipinski definition) is 2. The van der Waals surface area contributed by atoms with Gasteiger partial charge in [-0.2, -0.15) is 0 Å². The fourth-order valence-electron chi connectivity index (χ4n) is 2.64. The number of aromatic nitrogens is 2. The van der Waals surface area contributed by atoms with E-state index in [0.29, 0.717) is 13.1 Å². The lowest BCUT2D eigenvalue weighted by atomic mass is 9.99. The summed E-state index contributed by atoms with van der Waals surface area (Å²) in [5, 5.41) is 0. The molecule has 0 aliphatic carbocycles. The molecule has 5 heteroatoms. The molecule has 1 aliphatic heterocycles. The van der Waals surface area contributed by atoms with Gasteiger partial charge in [-0.15, -0.1) is 0 Å². The van der Waals surface area contributed by atoms with E-state index >= 15 is 0 Å². The van der Waals surface area contributed by atoms with E-state index in [1.54, 1.807) is 29.6 Å². The van der Waals surface area contributed by atoms with Gasteiger partial charge in [0.2, 0.25) is 5.91 Å². The summed E-state index contributed by atoms with van der Waals surface area (Å²) in [6.07, 6.45) is 3.48. The van der Waals surface area contributed by atoms with Crippen molar-refractivity contribution in [3.05, 3.63) is 53.9 Å². The molecule has 0 atom stereocenters. The lowest BCUT2D eigenvalue weighted by Gasteiger charge is -2.39. The first-order chi connectivity index (χ1) is 9.48. The van der Waals surface area contributed by atoms with Crippen LogP contribution < -0.4 is 0 Å². The van der Waals surface area contributed by atoms with Crippen molar-refractivity contribution in [2.45, 2.75) is 32.5 Å². The smallest absolute Gasteiger partial charge is 0.248 e. The Morgan fingerprint density at radius 2 is 2.00 bits per heavy atom. The standard InChI is InChI=1S/C15H16FN3O/c1-15(2)14(20)18(9-13-7-17-10-19(13)15)8-11-3-5-12(16)6-4-11/h3-7,10H,8-9H2,1-2H3. The molecule has 0 saturated heterocycles. The quantitative estimate of drug-likeness (QED) is 0.842. The molecular formula is C15H16FN3O. The van der Waals surface area contributed by atoms with Crippen LogP contribution in [0.2, 0.25) is 0 Å². The first-order valence-corrected chi connectivity index (χ1v) is 6.54. The van der Waals surface area contributed by atoms with Crippen molar-refractivity contribution in [3.8, 4) is 0 Å². The van der Waals surface area contributed by atoms with E-state index in [0.717, 1.165) is 11.3 Å². The second kappa shape index (κ2) is 4.44. The van der Waals surface area contributed by atoms with Gasteiger partial charge in [0.05, 0.1) is 18.6 Å². The molecule has 0 unspecified atom stereocenters. The zero-order valence-corrected chi connectivity index (χ0v) is 11.5. The molecular weight excluding hydrogens is 257 g/mol. The van der Waals surface area contributed by atoms with E-state index in [4.69, 9.17) is 0 Å². The van der Waals surface area contributed by atoms with Crippen LogP contribution in [-0.4, -0.2) is 20.4 Å². The van der Waals surface area contributed by atoms with Crippen LogP contribution in [0.25, 0.3) is 0 Å². The van der Waals surface area contributed by atoms with Gasteiger partial charge in [-0.3, -0.25) is 4.79 Å². The highest BCUT2D eigenvalue weighted by Crippen LogP contribution is 2.28. The number of carbonyl (C=O) groups excluding carboxylic acids is 1. The van der Waals surface area contributed by atoms with Crippen LogP contribution in [0.5, 0.6) is 0 Å². The summed E-state index contributed by atoms with van der Waals surface area (Å²) in [6, 6.07) is 6.25. The molecule has 0 spiro atoms. The number of rotatable bonds is 2. The van der Waals surface area contributed by atoms with Crippen LogP contribution in [0.15, 0.2) is 36.8 Å². The van der Waals surface area contributed by atoms with Crippen LogP contribution in [-0.2, 0) is 23.4 Å². The van der Waals surface area contributed by atoms with Gasteiger partial charge in [0.1, 0.15) is 11.4 Å². The topological polar surface area (TPSA) is 38.1 Å². The second-order valence-electron chi connectivity index (χ2n) is 5.60. The Morgan fingerprint density at radius 1 is 1.30 bits per heavy atom. The number of halogens is 1. The van der Waals surface area contributed by atoms with Crippen LogP contribution >= 0.6 is 0 Å². The molecule has 3 rings (SSSR count). The summed E-state index contributed by atoms with van der Waals surface area (Å²) < 4.78 is 14.8. The number of hydrogen-bond donors (Lipinski definition) is 0. The van der Waals surface area contributed by atoms with Gasteiger partial charge in [0.15, 0.2) is 0 Å². The molecule has 20 heavy (non-hydrogen) atoms. The number of imidazole rings is 1. The number of amides is 1. The molecule has 0 saturated carbocycles. The summed E-state index contributed by atoms with van der Waals surface area (Å²) in [4.78, 5) is 18.5. The minimum Gasteiger partial charge on any atom is -0.330 e. The summed E-state index contributed by atoms with van der Waals surface area (Å²) in [5.41, 5.74) is 1.30. The summed E-state index contributed by atoms with van der Waals surface area (Å²) >= 11 is 0. The molecule has 0 bridgehead atoms. The van der Waals surface area contributed by atoms with E-state index in [2.05, 4.69) is 4.98 Å². The third-order valence-corrected chi connectivity index (χ3v) is 3.77. The molecule has 0 radical (unpaired) electrons. The lowest BCUT2D eigenvalue weighted by molar-refractivity contribution is -0.143. The monoisotopic (exact) mass is 273 g/mol. The van der Waals surface area contributed by atoms with Gasteiger partial charge >= 0.3 is 0 Å². The number of nitrogens with zero attached hydrogens (tertiary/aromatic N) is 3. The average Bonchev–Trinajstić information content (AvgIpc) is 2.88. The van der Waals surface area contributed by atoms with Crippen LogP contribution in [0.1, 0.15) is 25.1 Å². The zero-order chi connectivity index (χ0) is 14.3. The van der Waals surface area contributed by atoms with E-state index in [-0.39, 0.29) is 11.7 Å². The van der Waals surface area contributed by atoms with Crippen LogP contribution in [0, 0.1) is 5.82 Å². The van der Waals surface area contributed by atoms with Crippen LogP contribution in [0.3, 0.4) is 0 Å². The SMILES string of the molecule is CC1(C)C(=O)N(Cc2ccc(F)cc2)Cc2cncn21. The molecule has 1 aromatic carbocycles. The van der Waals surface area contributed by atoms with Crippen LogP contribution in [0.4, 0.5) is 4.39 Å². The van der Waals surface area contributed by atoms with Crippen molar-refractivity contribution in [1.82, 2.24) is 14.5 Å². The van der Waals surface area contributed by atoms with Gasteiger partial charge in [-0.25, -0.2) is 9.37 Å². The largest absolute Gasteiger partial charge is 0.330 e. The maximum Gasteiger partial charge on any atom is 0.248 e. The van der Waals surface area contributed by atoms with Gasteiger partial charge in [0, 0.05) is 12.7 Å². The van der Waals surface area contributed by atoms with Gasteiger partial charge in [-0.05, 0) is 31.5 Å². The number of benzene rings is 1. The van der Waals surface area contributed by atoms with E-state index in [1.807, 2.05) is 18.4 Å². The minimum absolute atomic E-state index is 0.0484. The molecule has 2 aromatic rings. The van der Waals surface area contributed by atoms with E-state index < -0.39 is 5.54 Å². The fourth-order valence-corrected chi connectivity index (χ4v) is 2.64. The van der Waals surface area contributed by atoms with Crippen molar-refractivity contribution >= 4 is 5.91 Å². The molecule has 4 nitrogen and oxygen atoms in total. The molecule has 1 aliphatic rings. The van der Waals surface area contributed by atoms with Crippen molar-refractivity contribution < 1.29 is 9.18 Å².